The Morgan fingerprint density at radius 2 is 1.54 bits per heavy atom. The molecule has 0 aliphatic heterocycles. The first-order valence-corrected chi connectivity index (χ1v) is 4.04. The first-order valence-electron chi connectivity index (χ1n) is 4.04. The maximum atomic E-state index is 8.00. The van der Waals surface area contributed by atoms with Crippen LogP contribution in [0.5, 0.6) is 0 Å². The fourth-order valence-electron chi connectivity index (χ4n) is 1.41. The van der Waals surface area contributed by atoms with E-state index in [0.29, 0.717) is 0 Å². The van der Waals surface area contributed by atoms with Gasteiger partial charge in [0, 0.05) is 19.5 Å². The fourth-order valence-corrected chi connectivity index (χ4v) is 1.41. The molecule has 1 aliphatic carbocycles. The first-order chi connectivity index (χ1) is 5.45. The number of rotatable bonds is 0. The van der Waals surface area contributed by atoms with E-state index in [0.717, 1.165) is 0 Å². The minimum atomic E-state index is 0. The standard InChI is InChI=1S/C10H15.CH2O.Rh/c1-7-6-10(4,5)9(3)8(7)2;1-2;/h1-5H3;1H2;/q-1;;. The molecule has 0 unspecified atom stereocenters. The van der Waals surface area contributed by atoms with Crippen molar-refractivity contribution in [2.45, 2.75) is 34.6 Å². The molecule has 77 valence electrons. The van der Waals surface area contributed by atoms with Crippen LogP contribution in [0.4, 0.5) is 0 Å². The number of hydrogen-bond donors (Lipinski definition) is 0. The SMILES string of the molecule is C=O.CC1=[C-]C(C)(C)C(C)=C1C.[Rh]. The van der Waals surface area contributed by atoms with Crippen molar-refractivity contribution >= 4 is 6.79 Å². The van der Waals surface area contributed by atoms with E-state index in [1.807, 2.05) is 6.79 Å². The second-order valence-electron chi connectivity index (χ2n) is 3.62. The van der Waals surface area contributed by atoms with Crippen molar-refractivity contribution in [3.05, 3.63) is 22.8 Å². The summed E-state index contributed by atoms with van der Waals surface area (Å²) in [5.41, 5.74) is 4.39. The second-order valence-corrected chi connectivity index (χ2v) is 3.62. The molecular formula is C11H17ORh-. The van der Waals surface area contributed by atoms with E-state index in [9.17, 15) is 0 Å². The molecule has 0 saturated carbocycles. The molecule has 0 atom stereocenters. The summed E-state index contributed by atoms with van der Waals surface area (Å²) in [4.78, 5) is 8.00. The largest absolute Gasteiger partial charge is 0.307 e. The predicted molar refractivity (Wildman–Crippen MR) is 51.7 cm³/mol. The van der Waals surface area contributed by atoms with Gasteiger partial charge in [-0.25, -0.2) is 5.57 Å². The van der Waals surface area contributed by atoms with Crippen LogP contribution in [0.25, 0.3) is 0 Å². The molecule has 0 amide bonds. The van der Waals surface area contributed by atoms with E-state index in [1.165, 1.54) is 16.7 Å². The number of carbonyl (C=O) groups is 1. The molecule has 0 N–H and O–H groups in total. The summed E-state index contributed by atoms with van der Waals surface area (Å²) in [7, 11) is 0. The Balaban J connectivity index is 0. The zero-order valence-corrected chi connectivity index (χ0v) is 10.6. The molecule has 0 aromatic heterocycles. The molecule has 2 heteroatoms. The Morgan fingerprint density at radius 1 is 1.15 bits per heavy atom. The molecule has 0 aromatic carbocycles. The molecule has 0 aromatic rings. The minimum Gasteiger partial charge on any atom is -0.307 e. The van der Waals surface area contributed by atoms with Gasteiger partial charge < -0.3 is 4.79 Å². The summed E-state index contributed by atoms with van der Waals surface area (Å²) < 4.78 is 0. The van der Waals surface area contributed by atoms with Crippen molar-refractivity contribution in [1.29, 1.82) is 0 Å². The smallest absolute Gasteiger partial charge is 0.106 e. The molecule has 0 bridgehead atoms. The predicted octanol–water partition coefficient (Wildman–Crippen LogP) is 2.92. The van der Waals surface area contributed by atoms with Gasteiger partial charge in [0.15, 0.2) is 0 Å². The van der Waals surface area contributed by atoms with E-state index in [1.54, 1.807) is 0 Å². The van der Waals surface area contributed by atoms with E-state index in [2.05, 4.69) is 40.7 Å². The Kier molecular flexibility index (Phi) is 6.44. The normalized spacial score (nSPS) is 18.4. The summed E-state index contributed by atoms with van der Waals surface area (Å²) >= 11 is 0. The van der Waals surface area contributed by atoms with Gasteiger partial charge in [0.1, 0.15) is 6.79 Å². The van der Waals surface area contributed by atoms with Gasteiger partial charge in [0.05, 0.1) is 0 Å². The summed E-state index contributed by atoms with van der Waals surface area (Å²) in [5, 5.41) is 0. The van der Waals surface area contributed by atoms with E-state index in [-0.39, 0.29) is 24.9 Å². The molecule has 1 nitrogen and oxygen atoms in total. The zero-order valence-electron chi connectivity index (χ0n) is 8.95. The maximum Gasteiger partial charge on any atom is 0.106 e. The zero-order chi connectivity index (χ0) is 9.94. The van der Waals surface area contributed by atoms with E-state index in [4.69, 9.17) is 4.79 Å². The van der Waals surface area contributed by atoms with Gasteiger partial charge in [0.2, 0.25) is 0 Å². The molecule has 13 heavy (non-hydrogen) atoms. The first kappa shape index (κ1) is 15.3. The van der Waals surface area contributed by atoms with Crippen LogP contribution in [0.2, 0.25) is 0 Å². The second kappa shape index (κ2) is 5.49. The average Bonchev–Trinajstić information content (AvgIpc) is 2.19. The molecule has 0 fully saturated rings. The van der Waals surface area contributed by atoms with Gasteiger partial charge in [-0.3, -0.25) is 6.08 Å². The molecule has 1 aliphatic rings. The van der Waals surface area contributed by atoms with Crippen molar-refractivity contribution in [3.63, 3.8) is 0 Å². The Morgan fingerprint density at radius 3 is 1.62 bits per heavy atom. The summed E-state index contributed by atoms with van der Waals surface area (Å²) in [6.07, 6.45) is 3.44. The summed E-state index contributed by atoms with van der Waals surface area (Å²) in [6, 6.07) is 0. The average molecular weight is 268 g/mol. The van der Waals surface area contributed by atoms with Crippen LogP contribution in [0, 0.1) is 11.5 Å². The Hall–Kier alpha value is -0.227. The Bertz CT molecular complexity index is 236. The number of allylic oxidation sites excluding steroid dienone is 4. The van der Waals surface area contributed by atoms with Gasteiger partial charge in [0.25, 0.3) is 0 Å². The van der Waals surface area contributed by atoms with E-state index >= 15 is 0 Å². The third-order valence-corrected chi connectivity index (χ3v) is 2.56. The third-order valence-electron chi connectivity index (χ3n) is 2.56. The van der Waals surface area contributed by atoms with Crippen molar-refractivity contribution in [2.24, 2.45) is 5.41 Å². The van der Waals surface area contributed by atoms with Crippen molar-refractivity contribution in [2.75, 3.05) is 0 Å². The van der Waals surface area contributed by atoms with Crippen LogP contribution < -0.4 is 0 Å². The molecule has 0 heterocycles. The maximum absolute atomic E-state index is 8.00. The fraction of sp³-hybridized carbons (Fsp3) is 0.545. The quantitative estimate of drug-likeness (QED) is 0.487. The van der Waals surface area contributed by atoms with Gasteiger partial charge in [-0.1, -0.05) is 33.1 Å². The van der Waals surface area contributed by atoms with Crippen LogP contribution in [0.15, 0.2) is 16.7 Å². The van der Waals surface area contributed by atoms with Gasteiger partial charge >= 0.3 is 0 Å². The van der Waals surface area contributed by atoms with E-state index < -0.39 is 0 Å². The number of hydrogen-bond acceptors (Lipinski definition) is 1. The van der Waals surface area contributed by atoms with Crippen molar-refractivity contribution in [1.82, 2.24) is 0 Å². The van der Waals surface area contributed by atoms with Crippen LogP contribution >= 0.6 is 0 Å². The molecule has 1 radical (unpaired) electrons. The molecule has 0 spiro atoms. The Labute approximate surface area is 94.1 Å². The molecule has 0 saturated heterocycles. The number of carbonyl (C=O) groups excluding carboxylic acids is 1. The van der Waals surface area contributed by atoms with Gasteiger partial charge in [-0.05, 0) is 0 Å². The third kappa shape index (κ3) is 3.19. The molecule has 1 rings (SSSR count). The van der Waals surface area contributed by atoms with Gasteiger partial charge in [-0.15, -0.1) is 6.92 Å². The van der Waals surface area contributed by atoms with Crippen molar-refractivity contribution in [3.8, 4) is 0 Å². The topological polar surface area (TPSA) is 17.1 Å². The van der Waals surface area contributed by atoms with Gasteiger partial charge in [-0.2, -0.15) is 11.1 Å². The van der Waals surface area contributed by atoms with Crippen LogP contribution in [-0.4, -0.2) is 6.79 Å². The van der Waals surface area contributed by atoms with Crippen LogP contribution in [0.1, 0.15) is 34.6 Å². The minimum absolute atomic E-state index is 0. The summed E-state index contributed by atoms with van der Waals surface area (Å²) in [6.45, 7) is 12.9. The van der Waals surface area contributed by atoms with Crippen LogP contribution in [0.3, 0.4) is 0 Å². The van der Waals surface area contributed by atoms with Crippen LogP contribution in [-0.2, 0) is 24.3 Å². The molecular weight excluding hydrogens is 251 g/mol. The monoisotopic (exact) mass is 268 g/mol. The summed E-state index contributed by atoms with van der Waals surface area (Å²) in [5.74, 6) is 0. The van der Waals surface area contributed by atoms with Crippen molar-refractivity contribution < 1.29 is 24.3 Å².